The van der Waals surface area contributed by atoms with Gasteiger partial charge < -0.3 is 4.90 Å². The van der Waals surface area contributed by atoms with Gasteiger partial charge in [-0.25, -0.2) is 0 Å². The molecule has 0 bridgehead atoms. The zero-order valence-electron chi connectivity index (χ0n) is 5.72. The van der Waals surface area contributed by atoms with Crippen molar-refractivity contribution in [2.75, 3.05) is 13.1 Å². The maximum atomic E-state index is 5.03. The highest BCUT2D eigenvalue weighted by molar-refractivity contribution is 7.80. The van der Waals surface area contributed by atoms with Crippen LogP contribution in [0.1, 0.15) is 13.8 Å². The van der Waals surface area contributed by atoms with Gasteiger partial charge in [-0.3, -0.25) is 4.99 Å². The summed E-state index contributed by atoms with van der Waals surface area (Å²) in [5.74, 6) is 1.06. The summed E-state index contributed by atoms with van der Waals surface area (Å²) in [6.45, 7) is 5.74. The Kier molecular flexibility index (Phi) is 1.81. The van der Waals surface area contributed by atoms with Crippen molar-refractivity contribution < 1.29 is 0 Å². The minimum atomic E-state index is 0.717. The van der Waals surface area contributed by atoms with Gasteiger partial charge in [-0.2, -0.15) is 0 Å². The zero-order valence-corrected chi connectivity index (χ0v) is 6.53. The van der Waals surface area contributed by atoms with Gasteiger partial charge in [0.05, 0.1) is 6.54 Å². The molecule has 0 aromatic heterocycles. The third kappa shape index (κ3) is 1.10. The molecule has 1 heterocycles. The Morgan fingerprint density at radius 3 is 2.67 bits per heavy atom. The number of likely N-dealkylation sites (N-methyl/N-ethyl adjacent to an activating group) is 1. The van der Waals surface area contributed by atoms with Crippen LogP contribution in [-0.4, -0.2) is 28.8 Å². The highest BCUT2D eigenvalue weighted by Gasteiger charge is 2.15. The molecule has 0 aromatic carbocycles. The van der Waals surface area contributed by atoms with Crippen LogP contribution in [0.5, 0.6) is 0 Å². The van der Waals surface area contributed by atoms with Crippen LogP contribution in [-0.2, 0) is 0 Å². The van der Waals surface area contributed by atoms with Crippen LogP contribution < -0.4 is 0 Å². The number of nitrogens with zero attached hydrogens (tertiary/aromatic N) is 2. The van der Waals surface area contributed by atoms with E-state index in [9.17, 15) is 0 Å². The van der Waals surface area contributed by atoms with Gasteiger partial charge in [-0.05, 0) is 13.8 Å². The van der Waals surface area contributed by atoms with E-state index in [1.807, 2.05) is 6.92 Å². The van der Waals surface area contributed by atoms with Gasteiger partial charge in [0.1, 0.15) is 10.8 Å². The van der Waals surface area contributed by atoms with Crippen LogP contribution in [0.25, 0.3) is 0 Å². The van der Waals surface area contributed by atoms with Gasteiger partial charge in [-0.15, -0.1) is 0 Å². The molecule has 0 aliphatic carbocycles. The van der Waals surface area contributed by atoms with Crippen molar-refractivity contribution in [1.29, 1.82) is 0 Å². The molecule has 0 aromatic rings. The van der Waals surface area contributed by atoms with Crippen LogP contribution in [0.3, 0.4) is 0 Å². The smallest absolute Gasteiger partial charge is 0.105 e. The lowest BCUT2D eigenvalue weighted by Gasteiger charge is -2.14. The number of rotatable bonds is 1. The van der Waals surface area contributed by atoms with Crippen molar-refractivity contribution in [3.05, 3.63) is 0 Å². The first-order valence-electron chi connectivity index (χ1n) is 3.07. The zero-order chi connectivity index (χ0) is 6.85. The molecule has 0 N–H and O–H groups in total. The standard InChI is InChI=1S/C6H10N2S/c1-3-8-5(2)7-4-6(8)9/h3-4H2,1-2H3. The normalized spacial score (nSPS) is 18.7. The van der Waals surface area contributed by atoms with E-state index in [0.29, 0.717) is 0 Å². The number of amidine groups is 1. The lowest BCUT2D eigenvalue weighted by atomic mass is 10.5. The van der Waals surface area contributed by atoms with Gasteiger partial charge >= 0.3 is 0 Å². The number of aliphatic imine (C=N–C) groups is 1. The Labute approximate surface area is 60.6 Å². The Hall–Kier alpha value is -0.440. The predicted octanol–water partition coefficient (Wildman–Crippen LogP) is 1.07. The minimum Gasteiger partial charge on any atom is -0.324 e. The largest absolute Gasteiger partial charge is 0.324 e. The molecule has 0 unspecified atom stereocenters. The van der Waals surface area contributed by atoms with E-state index >= 15 is 0 Å². The number of hydrogen-bond donors (Lipinski definition) is 0. The second-order valence-corrected chi connectivity index (χ2v) is 2.47. The summed E-state index contributed by atoms with van der Waals surface area (Å²) in [5.41, 5.74) is 0. The van der Waals surface area contributed by atoms with Crippen molar-refractivity contribution in [3.8, 4) is 0 Å². The molecule has 0 amide bonds. The van der Waals surface area contributed by atoms with Crippen LogP contribution in [0.2, 0.25) is 0 Å². The van der Waals surface area contributed by atoms with E-state index in [4.69, 9.17) is 12.2 Å². The van der Waals surface area contributed by atoms with Crippen LogP contribution in [0.4, 0.5) is 0 Å². The van der Waals surface area contributed by atoms with Crippen LogP contribution in [0, 0.1) is 0 Å². The molecule has 0 spiro atoms. The van der Waals surface area contributed by atoms with Crippen molar-refractivity contribution in [1.82, 2.24) is 4.90 Å². The van der Waals surface area contributed by atoms with Gasteiger partial charge in [0, 0.05) is 6.54 Å². The van der Waals surface area contributed by atoms with E-state index in [0.717, 1.165) is 23.9 Å². The lowest BCUT2D eigenvalue weighted by molar-refractivity contribution is 0.664. The van der Waals surface area contributed by atoms with Crippen molar-refractivity contribution in [3.63, 3.8) is 0 Å². The van der Waals surface area contributed by atoms with E-state index < -0.39 is 0 Å². The third-order valence-corrected chi connectivity index (χ3v) is 1.80. The van der Waals surface area contributed by atoms with Gasteiger partial charge in [0.25, 0.3) is 0 Å². The molecule has 1 aliphatic rings. The van der Waals surface area contributed by atoms with E-state index in [1.165, 1.54) is 0 Å². The van der Waals surface area contributed by atoms with Crippen molar-refractivity contribution in [2.45, 2.75) is 13.8 Å². The molecule has 1 aliphatic heterocycles. The molecular formula is C6H10N2S. The van der Waals surface area contributed by atoms with Gasteiger partial charge in [0.15, 0.2) is 0 Å². The summed E-state index contributed by atoms with van der Waals surface area (Å²) >= 11 is 5.03. The average molecular weight is 142 g/mol. The Morgan fingerprint density at radius 1 is 1.78 bits per heavy atom. The Bertz CT molecular complexity index is 162. The third-order valence-electron chi connectivity index (χ3n) is 1.45. The minimum absolute atomic E-state index is 0.717. The fraction of sp³-hybridized carbons (Fsp3) is 0.667. The topological polar surface area (TPSA) is 15.6 Å². The molecule has 1 rings (SSSR count). The first-order chi connectivity index (χ1) is 4.25. The first-order valence-corrected chi connectivity index (χ1v) is 3.48. The summed E-state index contributed by atoms with van der Waals surface area (Å²) < 4.78 is 0. The Morgan fingerprint density at radius 2 is 2.44 bits per heavy atom. The predicted molar refractivity (Wildman–Crippen MR) is 43.0 cm³/mol. The van der Waals surface area contributed by atoms with Gasteiger partial charge in [0.2, 0.25) is 0 Å². The molecule has 3 heteroatoms. The maximum absolute atomic E-state index is 5.03. The molecule has 0 saturated heterocycles. The maximum Gasteiger partial charge on any atom is 0.105 e. The molecule has 9 heavy (non-hydrogen) atoms. The monoisotopic (exact) mass is 142 g/mol. The highest BCUT2D eigenvalue weighted by Crippen LogP contribution is 2.03. The number of thiocarbonyl (C=S) groups is 1. The molecule has 0 fully saturated rings. The highest BCUT2D eigenvalue weighted by atomic mass is 32.1. The molecule has 0 saturated carbocycles. The summed E-state index contributed by atoms with van der Waals surface area (Å²) in [5, 5.41) is 0. The summed E-state index contributed by atoms with van der Waals surface area (Å²) in [6.07, 6.45) is 0. The van der Waals surface area contributed by atoms with E-state index in [1.54, 1.807) is 0 Å². The van der Waals surface area contributed by atoms with Crippen LogP contribution in [0.15, 0.2) is 4.99 Å². The van der Waals surface area contributed by atoms with Gasteiger partial charge in [-0.1, -0.05) is 12.2 Å². The second-order valence-electron chi connectivity index (χ2n) is 2.00. The van der Waals surface area contributed by atoms with Crippen molar-refractivity contribution >= 4 is 23.0 Å². The first kappa shape index (κ1) is 6.68. The van der Waals surface area contributed by atoms with Crippen molar-refractivity contribution in [2.24, 2.45) is 4.99 Å². The molecular weight excluding hydrogens is 132 g/mol. The summed E-state index contributed by atoms with van der Waals surface area (Å²) in [7, 11) is 0. The molecule has 0 radical (unpaired) electrons. The second kappa shape index (κ2) is 2.43. The molecule has 2 nitrogen and oxygen atoms in total. The lowest BCUT2D eigenvalue weighted by Crippen LogP contribution is -2.28. The van der Waals surface area contributed by atoms with E-state index in [-0.39, 0.29) is 0 Å². The molecule has 0 atom stereocenters. The van der Waals surface area contributed by atoms with Crippen LogP contribution >= 0.6 is 12.2 Å². The quantitative estimate of drug-likeness (QED) is 0.509. The summed E-state index contributed by atoms with van der Waals surface area (Å²) in [6, 6.07) is 0. The molecule has 50 valence electrons. The fourth-order valence-corrected chi connectivity index (χ4v) is 1.26. The average Bonchev–Trinajstić information content (AvgIpc) is 2.12. The fourth-order valence-electron chi connectivity index (χ4n) is 0.938. The number of hydrogen-bond acceptors (Lipinski definition) is 2. The Balaban J connectivity index is 2.67. The SMILES string of the molecule is CCN1C(=S)CN=C1C. The summed E-state index contributed by atoms with van der Waals surface area (Å²) in [4.78, 5) is 7.18. The van der Waals surface area contributed by atoms with E-state index in [2.05, 4.69) is 16.8 Å².